The van der Waals surface area contributed by atoms with Crippen LogP contribution >= 0.6 is 0 Å². The SMILES string of the molecule is CCNC(=O)CN(c1ccc(OCc2ccccc2)cc1)S(C)(=O)=O. The highest BCUT2D eigenvalue weighted by Gasteiger charge is 2.20. The van der Waals surface area contributed by atoms with Crippen molar-refractivity contribution in [3.05, 3.63) is 60.2 Å². The van der Waals surface area contributed by atoms with E-state index >= 15 is 0 Å². The van der Waals surface area contributed by atoms with E-state index < -0.39 is 10.0 Å². The Morgan fingerprint density at radius 2 is 1.72 bits per heavy atom. The van der Waals surface area contributed by atoms with E-state index in [-0.39, 0.29) is 12.5 Å². The summed E-state index contributed by atoms with van der Waals surface area (Å²) in [7, 11) is -3.57. The molecule has 0 heterocycles. The molecule has 2 aromatic carbocycles. The smallest absolute Gasteiger partial charge is 0.240 e. The highest BCUT2D eigenvalue weighted by atomic mass is 32.2. The molecule has 1 N–H and O–H groups in total. The lowest BCUT2D eigenvalue weighted by molar-refractivity contribution is -0.119. The maximum Gasteiger partial charge on any atom is 0.240 e. The number of likely N-dealkylation sites (N-methyl/N-ethyl adjacent to an activating group) is 1. The predicted octanol–water partition coefficient (Wildman–Crippen LogP) is 2.17. The van der Waals surface area contributed by atoms with E-state index in [0.717, 1.165) is 16.1 Å². The molecule has 0 saturated heterocycles. The van der Waals surface area contributed by atoms with Crippen LogP contribution in [0.25, 0.3) is 0 Å². The summed E-state index contributed by atoms with van der Waals surface area (Å²) in [4.78, 5) is 11.8. The van der Waals surface area contributed by atoms with Crippen molar-refractivity contribution in [2.24, 2.45) is 0 Å². The average Bonchev–Trinajstić information content (AvgIpc) is 2.59. The molecule has 0 atom stereocenters. The molecule has 0 radical (unpaired) electrons. The van der Waals surface area contributed by atoms with Crippen LogP contribution in [0.2, 0.25) is 0 Å². The molecular formula is C18H22N2O4S. The van der Waals surface area contributed by atoms with E-state index in [9.17, 15) is 13.2 Å². The summed E-state index contributed by atoms with van der Waals surface area (Å²) in [6.45, 7) is 2.40. The Morgan fingerprint density at radius 1 is 1.08 bits per heavy atom. The number of carbonyl (C=O) groups excluding carboxylic acids is 1. The first-order chi connectivity index (χ1) is 11.9. The fourth-order valence-corrected chi connectivity index (χ4v) is 3.09. The van der Waals surface area contributed by atoms with Crippen molar-refractivity contribution in [2.45, 2.75) is 13.5 Å². The minimum atomic E-state index is -3.57. The quantitative estimate of drug-likeness (QED) is 0.781. The first-order valence-electron chi connectivity index (χ1n) is 7.91. The van der Waals surface area contributed by atoms with Gasteiger partial charge in [0.1, 0.15) is 18.9 Å². The normalized spacial score (nSPS) is 11.0. The van der Waals surface area contributed by atoms with Crippen LogP contribution in [0.4, 0.5) is 5.69 Å². The van der Waals surface area contributed by atoms with Crippen LogP contribution in [0.3, 0.4) is 0 Å². The topological polar surface area (TPSA) is 75.7 Å². The van der Waals surface area contributed by atoms with Crippen LogP contribution < -0.4 is 14.4 Å². The lowest BCUT2D eigenvalue weighted by atomic mass is 10.2. The molecule has 0 aromatic heterocycles. The predicted molar refractivity (Wildman–Crippen MR) is 98.1 cm³/mol. The molecule has 0 aliphatic rings. The van der Waals surface area contributed by atoms with Gasteiger partial charge in [0, 0.05) is 6.54 Å². The number of amides is 1. The van der Waals surface area contributed by atoms with E-state index in [2.05, 4.69) is 5.32 Å². The number of carbonyl (C=O) groups is 1. The number of anilines is 1. The maximum absolute atomic E-state index is 12.0. The zero-order chi connectivity index (χ0) is 18.3. The van der Waals surface area contributed by atoms with Crippen LogP contribution in [-0.2, 0) is 21.4 Å². The van der Waals surface area contributed by atoms with Crippen LogP contribution in [0.5, 0.6) is 5.75 Å². The minimum absolute atomic E-state index is 0.253. The Hall–Kier alpha value is -2.54. The van der Waals surface area contributed by atoms with Gasteiger partial charge >= 0.3 is 0 Å². The second-order valence-electron chi connectivity index (χ2n) is 5.49. The first kappa shape index (κ1) is 18.8. The lowest BCUT2D eigenvalue weighted by Gasteiger charge is -2.22. The van der Waals surface area contributed by atoms with Crippen LogP contribution in [0.1, 0.15) is 12.5 Å². The van der Waals surface area contributed by atoms with E-state index in [0.29, 0.717) is 24.6 Å². The van der Waals surface area contributed by atoms with Gasteiger partial charge in [-0.3, -0.25) is 9.10 Å². The van der Waals surface area contributed by atoms with E-state index in [1.807, 2.05) is 30.3 Å². The number of hydrogen-bond acceptors (Lipinski definition) is 4. The molecule has 0 aliphatic carbocycles. The number of nitrogens with zero attached hydrogens (tertiary/aromatic N) is 1. The summed E-state index contributed by atoms with van der Waals surface area (Å²) in [5, 5.41) is 2.60. The molecule has 0 spiro atoms. The van der Waals surface area contributed by atoms with Gasteiger partial charge in [0.15, 0.2) is 0 Å². The molecule has 1 amide bonds. The highest BCUT2D eigenvalue weighted by Crippen LogP contribution is 2.22. The fourth-order valence-electron chi connectivity index (χ4n) is 2.23. The number of hydrogen-bond donors (Lipinski definition) is 1. The second-order valence-corrected chi connectivity index (χ2v) is 7.40. The molecule has 0 saturated carbocycles. The van der Waals surface area contributed by atoms with Crippen molar-refractivity contribution in [3.63, 3.8) is 0 Å². The average molecular weight is 362 g/mol. The van der Waals surface area contributed by atoms with Crippen LogP contribution in [-0.4, -0.2) is 33.7 Å². The minimum Gasteiger partial charge on any atom is -0.489 e. The van der Waals surface area contributed by atoms with Gasteiger partial charge in [-0.05, 0) is 36.8 Å². The summed E-state index contributed by atoms with van der Waals surface area (Å²) in [6, 6.07) is 16.4. The molecule has 2 aromatic rings. The third-order valence-electron chi connectivity index (χ3n) is 3.43. The zero-order valence-electron chi connectivity index (χ0n) is 14.3. The number of nitrogens with one attached hydrogen (secondary N) is 1. The van der Waals surface area contributed by atoms with Crippen molar-refractivity contribution in [2.75, 3.05) is 23.7 Å². The molecule has 25 heavy (non-hydrogen) atoms. The second kappa shape index (κ2) is 8.53. The number of benzene rings is 2. The van der Waals surface area contributed by atoms with Gasteiger partial charge < -0.3 is 10.1 Å². The Bertz CT molecular complexity index is 790. The van der Waals surface area contributed by atoms with Gasteiger partial charge in [-0.1, -0.05) is 30.3 Å². The lowest BCUT2D eigenvalue weighted by Crippen LogP contribution is -2.40. The summed E-state index contributed by atoms with van der Waals surface area (Å²) >= 11 is 0. The van der Waals surface area contributed by atoms with Crippen molar-refractivity contribution in [1.82, 2.24) is 5.32 Å². The third-order valence-corrected chi connectivity index (χ3v) is 4.58. The fraction of sp³-hybridized carbons (Fsp3) is 0.278. The van der Waals surface area contributed by atoms with Crippen LogP contribution in [0, 0.1) is 0 Å². The molecule has 0 bridgehead atoms. The maximum atomic E-state index is 12.0. The Labute approximate surface area is 148 Å². The van der Waals surface area contributed by atoms with E-state index in [1.54, 1.807) is 31.2 Å². The molecule has 0 unspecified atom stereocenters. The summed E-state index contributed by atoms with van der Waals surface area (Å²) in [5.41, 5.74) is 1.46. The molecule has 134 valence electrons. The van der Waals surface area contributed by atoms with Crippen molar-refractivity contribution in [3.8, 4) is 5.75 Å². The van der Waals surface area contributed by atoms with Crippen molar-refractivity contribution in [1.29, 1.82) is 0 Å². The van der Waals surface area contributed by atoms with Gasteiger partial charge in [-0.2, -0.15) is 0 Å². The summed E-state index contributed by atoms with van der Waals surface area (Å²) < 4.78 is 30.7. The van der Waals surface area contributed by atoms with Gasteiger partial charge in [0.25, 0.3) is 0 Å². The number of ether oxygens (including phenoxy) is 1. The molecule has 0 fully saturated rings. The van der Waals surface area contributed by atoms with Crippen molar-refractivity contribution >= 4 is 21.6 Å². The highest BCUT2D eigenvalue weighted by molar-refractivity contribution is 7.92. The number of rotatable bonds is 8. The van der Waals surface area contributed by atoms with E-state index in [4.69, 9.17) is 4.74 Å². The molecule has 2 rings (SSSR count). The largest absolute Gasteiger partial charge is 0.489 e. The van der Waals surface area contributed by atoms with E-state index in [1.165, 1.54) is 0 Å². The Morgan fingerprint density at radius 3 is 2.28 bits per heavy atom. The molecule has 6 nitrogen and oxygen atoms in total. The summed E-state index contributed by atoms with van der Waals surface area (Å²) in [5.74, 6) is 0.274. The summed E-state index contributed by atoms with van der Waals surface area (Å²) in [6.07, 6.45) is 1.08. The van der Waals surface area contributed by atoms with Crippen molar-refractivity contribution < 1.29 is 17.9 Å². The monoisotopic (exact) mass is 362 g/mol. The molecule has 7 heteroatoms. The van der Waals surface area contributed by atoms with Gasteiger partial charge in [0.2, 0.25) is 15.9 Å². The Balaban J connectivity index is 2.08. The first-order valence-corrected chi connectivity index (χ1v) is 9.76. The van der Waals surface area contributed by atoms with Gasteiger partial charge in [-0.25, -0.2) is 8.42 Å². The molecule has 0 aliphatic heterocycles. The third kappa shape index (κ3) is 5.79. The van der Waals surface area contributed by atoms with Gasteiger partial charge in [0.05, 0.1) is 11.9 Å². The number of sulfonamides is 1. The van der Waals surface area contributed by atoms with Crippen LogP contribution in [0.15, 0.2) is 54.6 Å². The standard InChI is InChI=1S/C18H22N2O4S/c1-3-19-18(21)13-20(25(2,22)23)16-9-11-17(12-10-16)24-14-15-7-5-4-6-8-15/h4-12H,3,13-14H2,1-2H3,(H,19,21). The molecular weight excluding hydrogens is 340 g/mol. The van der Waals surface area contributed by atoms with Gasteiger partial charge in [-0.15, -0.1) is 0 Å². The zero-order valence-corrected chi connectivity index (χ0v) is 15.1. The Kier molecular flexibility index (Phi) is 6.41.